The molecule has 7 heteroatoms. The molecule has 0 fully saturated rings. The van der Waals surface area contributed by atoms with E-state index in [1.54, 1.807) is 6.07 Å². The van der Waals surface area contributed by atoms with Crippen LogP contribution in [0.15, 0.2) is 30.5 Å². The third-order valence-corrected chi connectivity index (χ3v) is 4.06. The highest BCUT2D eigenvalue weighted by Crippen LogP contribution is 2.27. The number of primary amides is 1. The minimum Gasteiger partial charge on any atom is -0.366 e. The number of rotatable bonds is 3. The second-order valence-electron chi connectivity index (χ2n) is 5.69. The van der Waals surface area contributed by atoms with Gasteiger partial charge in [-0.25, -0.2) is 9.97 Å². The number of hydrogen-bond acceptors (Lipinski definition) is 4. The standard InChI is InChI=1S/C17H16N6O/c1-3-23-14(6-9(2)22-23)13-5-4-11-12-7-10(15(18)24)8-19-16(12)21-17(11)20-13/h4-8H,3H2,1-2H3,(H2,18,24)(H,19,20,21). The molecule has 4 aromatic rings. The topological polar surface area (TPSA) is 102 Å². The van der Waals surface area contributed by atoms with E-state index in [1.165, 1.54) is 6.20 Å². The highest BCUT2D eigenvalue weighted by atomic mass is 16.1. The molecule has 0 aromatic carbocycles. The number of aromatic amines is 1. The van der Waals surface area contributed by atoms with Crippen molar-refractivity contribution in [3.8, 4) is 11.4 Å². The Labute approximate surface area is 137 Å². The third-order valence-electron chi connectivity index (χ3n) is 4.06. The molecule has 4 heterocycles. The molecule has 0 spiro atoms. The van der Waals surface area contributed by atoms with Gasteiger partial charge in [-0.05, 0) is 38.1 Å². The van der Waals surface area contributed by atoms with Gasteiger partial charge in [0.05, 0.1) is 22.6 Å². The van der Waals surface area contributed by atoms with Gasteiger partial charge in [-0.2, -0.15) is 5.10 Å². The Morgan fingerprint density at radius 1 is 1.25 bits per heavy atom. The van der Waals surface area contributed by atoms with Gasteiger partial charge in [0.1, 0.15) is 11.3 Å². The third kappa shape index (κ3) is 2.13. The van der Waals surface area contributed by atoms with Crippen molar-refractivity contribution in [3.05, 3.63) is 41.7 Å². The van der Waals surface area contributed by atoms with Gasteiger partial charge in [0.15, 0.2) is 0 Å². The van der Waals surface area contributed by atoms with E-state index in [0.717, 1.165) is 40.0 Å². The number of aryl methyl sites for hydroxylation is 2. The first-order valence-corrected chi connectivity index (χ1v) is 7.70. The van der Waals surface area contributed by atoms with E-state index in [0.29, 0.717) is 11.2 Å². The monoisotopic (exact) mass is 320 g/mol. The number of fused-ring (bicyclic) bond motifs is 3. The fourth-order valence-electron chi connectivity index (χ4n) is 2.92. The molecular weight excluding hydrogens is 304 g/mol. The van der Waals surface area contributed by atoms with Crippen LogP contribution >= 0.6 is 0 Å². The second-order valence-corrected chi connectivity index (χ2v) is 5.69. The van der Waals surface area contributed by atoms with Gasteiger partial charge in [0.25, 0.3) is 0 Å². The fourth-order valence-corrected chi connectivity index (χ4v) is 2.92. The molecule has 1 amide bonds. The van der Waals surface area contributed by atoms with Crippen LogP contribution in [0.2, 0.25) is 0 Å². The maximum atomic E-state index is 11.4. The number of nitrogens with one attached hydrogen (secondary N) is 1. The number of nitrogens with two attached hydrogens (primary N) is 1. The average molecular weight is 320 g/mol. The Hall–Kier alpha value is -3.22. The molecule has 4 aromatic heterocycles. The molecular formula is C17H16N6O. The van der Waals surface area contributed by atoms with Crippen molar-refractivity contribution in [2.24, 2.45) is 5.73 Å². The van der Waals surface area contributed by atoms with Gasteiger partial charge in [-0.15, -0.1) is 0 Å². The van der Waals surface area contributed by atoms with Crippen molar-refractivity contribution in [1.29, 1.82) is 0 Å². The summed E-state index contributed by atoms with van der Waals surface area (Å²) in [6.45, 7) is 4.79. The summed E-state index contributed by atoms with van der Waals surface area (Å²) in [6, 6.07) is 7.69. The van der Waals surface area contributed by atoms with Crippen LogP contribution in [0.1, 0.15) is 23.0 Å². The van der Waals surface area contributed by atoms with Gasteiger partial charge >= 0.3 is 0 Å². The largest absolute Gasteiger partial charge is 0.366 e. The minimum absolute atomic E-state index is 0.382. The van der Waals surface area contributed by atoms with Gasteiger partial charge in [-0.1, -0.05) is 0 Å². The molecule has 0 saturated carbocycles. The second kappa shape index (κ2) is 5.16. The quantitative estimate of drug-likeness (QED) is 0.605. The maximum absolute atomic E-state index is 11.4. The molecule has 24 heavy (non-hydrogen) atoms. The van der Waals surface area contributed by atoms with Gasteiger partial charge in [-0.3, -0.25) is 9.48 Å². The summed E-state index contributed by atoms with van der Waals surface area (Å²) in [5, 5.41) is 6.20. The summed E-state index contributed by atoms with van der Waals surface area (Å²) in [7, 11) is 0. The molecule has 3 N–H and O–H groups in total. The first-order valence-electron chi connectivity index (χ1n) is 7.70. The molecule has 0 aliphatic carbocycles. The van der Waals surface area contributed by atoms with E-state index >= 15 is 0 Å². The predicted octanol–water partition coefficient (Wildman–Crippen LogP) is 2.40. The van der Waals surface area contributed by atoms with Gasteiger partial charge in [0.2, 0.25) is 5.91 Å². The van der Waals surface area contributed by atoms with E-state index < -0.39 is 5.91 Å². The van der Waals surface area contributed by atoms with E-state index in [2.05, 4.69) is 15.1 Å². The lowest BCUT2D eigenvalue weighted by atomic mass is 10.1. The molecule has 0 saturated heterocycles. The minimum atomic E-state index is -0.495. The lowest BCUT2D eigenvalue weighted by Crippen LogP contribution is -2.10. The number of nitrogens with zero attached hydrogens (tertiary/aromatic N) is 4. The van der Waals surface area contributed by atoms with Crippen LogP contribution in [-0.2, 0) is 6.54 Å². The summed E-state index contributed by atoms with van der Waals surface area (Å²) in [6.07, 6.45) is 1.47. The summed E-state index contributed by atoms with van der Waals surface area (Å²) in [4.78, 5) is 23.5. The van der Waals surface area contributed by atoms with Crippen molar-refractivity contribution in [2.45, 2.75) is 20.4 Å². The van der Waals surface area contributed by atoms with Gasteiger partial charge < -0.3 is 10.7 Å². The number of carbonyl (C=O) groups excluding carboxylic acids is 1. The molecule has 0 aliphatic heterocycles. The Morgan fingerprint density at radius 3 is 2.83 bits per heavy atom. The molecule has 7 nitrogen and oxygen atoms in total. The maximum Gasteiger partial charge on any atom is 0.250 e. The van der Waals surface area contributed by atoms with Crippen LogP contribution < -0.4 is 5.73 Å². The van der Waals surface area contributed by atoms with E-state index in [1.807, 2.05) is 36.7 Å². The Morgan fingerprint density at radius 2 is 2.08 bits per heavy atom. The molecule has 0 radical (unpaired) electrons. The number of hydrogen-bond donors (Lipinski definition) is 2. The highest BCUT2D eigenvalue weighted by Gasteiger charge is 2.13. The number of carbonyl (C=O) groups is 1. The Bertz CT molecular complexity index is 1090. The first-order chi connectivity index (χ1) is 11.6. The Kier molecular flexibility index (Phi) is 3.09. The zero-order chi connectivity index (χ0) is 16.8. The zero-order valence-corrected chi connectivity index (χ0v) is 13.4. The van der Waals surface area contributed by atoms with Crippen molar-refractivity contribution in [1.82, 2.24) is 24.7 Å². The Balaban J connectivity index is 1.92. The summed E-state index contributed by atoms with van der Waals surface area (Å²) in [5.74, 6) is -0.495. The number of H-pyrrole nitrogens is 1. The molecule has 4 rings (SSSR count). The van der Waals surface area contributed by atoms with Crippen LogP contribution in [0.5, 0.6) is 0 Å². The molecule has 0 bridgehead atoms. The predicted molar refractivity (Wildman–Crippen MR) is 91.5 cm³/mol. The number of aromatic nitrogens is 5. The fraction of sp³-hybridized carbons (Fsp3) is 0.176. The van der Waals surface area contributed by atoms with Crippen LogP contribution in [0.25, 0.3) is 33.5 Å². The first kappa shape index (κ1) is 14.4. The molecule has 120 valence electrons. The molecule has 0 unspecified atom stereocenters. The lowest BCUT2D eigenvalue weighted by Gasteiger charge is -2.03. The van der Waals surface area contributed by atoms with Crippen molar-refractivity contribution in [2.75, 3.05) is 0 Å². The van der Waals surface area contributed by atoms with Gasteiger partial charge in [0, 0.05) is 23.5 Å². The van der Waals surface area contributed by atoms with E-state index in [-0.39, 0.29) is 0 Å². The van der Waals surface area contributed by atoms with Crippen LogP contribution in [0.3, 0.4) is 0 Å². The van der Waals surface area contributed by atoms with Crippen LogP contribution in [0.4, 0.5) is 0 Å². The SMILES string of the molecule is CCn1nc(C)cc1-c1ccc2c(n1)[nH]c1ncc(C(N)=O)cc12. The molecule has 0 aliphatic rings. The summed E-state index contributed by atoms with van der Waals surface area (Å²) >= 11 is 0. The van der Waals surface area contributed by atoms with E-state index in [9.17, 15) is 4.79 Å². The molecule has 0 atom stereocenters. The van der Waals surface area contributed by atoms with Crippen LogP contribution in [0, 0.1) is 6.92 Å². The average Bonchev–Trinajstić information content (AvgIpc) is 3.13. The normalized spacial score (nSPS) is 11.4. The van der Waals surface area contributed by atoms with Crippen molar-refractivity contribution in [3.63, 3.8) is 0 Å². The van der Waals surface area contributed by atoms with E-state index in [4.69, 9.17) is 10.7 Å². The number of pyridine rings is 2. The van der Waals surface area contributed by atoms with Crippen LogP contribution in [-0.4, -0.2) is 30.6 Å². The van der Waals surface area contributed by atoms with Crippen molar-refractivity contribution >= 4 is 28.0 Å². The lowest BCUT2D eigenvalue weighted by molar-refractivity contribution is 0.1000. The highest BCUT2D eigenvalue weighted by molar-refractivity contribution is 6.07. The zero-order valence-electron chi connectivity index (χ0n) is 13.4. The summed E-state index contributed by atoms with van der Waals surface area (Å²) < 4.78 is 1.93. The van der Waals surface area contributed by atoms with Crippen molar-refractivity contribution < 1.29 is 4.79 Å². The summed E-state index contributed by atoms with van der Waals surface area (Å²) in [5.41, 5.74) is 9.89. The smallest absolute Gasteiger partial charge is 0.250 e. The number of amides is 1.